The van der Waals surface area contributed by atoms with Gasteiger partial charge in [0.25, 0.3) is 0 Å². The molecular formula is C15H22BrClN2O2. The van der Waals surface area contributed by atoms with Crippen molar-refractivity contribution in [2.75, 3.05) is 19.7 Å². The van der Waals surface area contributed by atoms with Crippen molar-refractivity contribution in [3.63, 3.8) is 0 Å². The van der Waals surface area contributed by atoms with E-state index >= 15 is 0 Å². The molecule has 0 aromatic heterocycles. The molecule has 1 aromatic carbocycles. The van der Waals surface area contributed by atoms with E-state index in [4.69, 9.17) is 4.74 Å². The molecule has 0 atom stereocenters. The number of rotatable bonds is 6. The lowest BCUT2D eigenvalue weighted by Crippen LogP contribution is -2.42. The SMILES string of the molecule is Cl.O=C(CCCOc1ccccc1Br)NC1CCNCC1. The van der Waals surface area contributed by atoms with Gasteiger partial charge in [-0.25, -0.2) is 0 Å². The van der Waals surface area contributed by atoms with Crippen molar-refractivity contribution in [1.29, 1.82) is 0 Å². The number of carbonyl (C=O) groups excluding carboxylic acids is 1. The number of ether oxygens (including phenoxy) is 1. The van der Waals surface area contributed by atoms with E-state index in [-0.39, 0.29) is 18.3 Å². The van der Waals surface area contributed by atoms with E-state index in [2.05, 4.69) is 26.6 Å². The topological polar surface area (TPSA) is 50.4 Å². The molecule has 0 aliphatic carbocycles. The summed E-state index contributed by atoms with van der Waals surface area (Å²) >= 11 is 3.43. The summed E-state index contributed by atoms with van der Waals surface area (Å²) in [6, 6.07) is 8.08. The van der Waals surface area contributed by atoms with Crippen LogP contribution >= 0.6 is 28.3 Å². The Balaban J connectivity index is 0.00000220. The summed E-state index contributed by atoms with van der Waals surface area (Å²) in [5.74, 6) is 0.957. The normalized spacial score (nSPS) is 15.1. The van der Waals surface area contributed by atoms with Gasteiger partial charge in [-0.2, -0.15) is 0 Å². The van der Waals surface area contributed by atoms with E-state index < -0.39 is 0 Å². The van der Waals surface area contributed by atoms with Gasteiger partial charge in [0.05, 0.1) is 11.1 Å². The molecule has 0 saturated carbocycles. The van der Waals surface area contributed by atoms with Crippen LogP contribution in [0.2, 0.25) is 0 Å². The summed E-state index contributed by atoms with van der Waals surface area (Å²) in [4.78, 5) is 11.8. The molecule has 0 radical (unpaired) electrons. The summed E-state index contributed by atoms with van der Waals surface area (Å²) in [6.07, 6.45) is 3.31. The molecule has 1 heterocycles. The van der Waals surface area contributed by atoms with Gasteiger partial charge < -0.3 is 15.4 Å². The second kappa shape index (κ2) is 10.0. The number of amides is 1. The minimum absolute atomic E-state index is 0. The standard InChI is InChI=1S/C15H21BrN2O2.ClH/c16-13-4-1-2-5-14(13)20-11-3-6-15(19)18-12-7-9-17-10-8-12;/h1-2,4-5,12,17H,3,6-11H2,(H,18,19);1H. The maximum atomic E-state index is 11.8. The third-order valence-corrected chi connectivity index (χ3v) is 4.00. The summed E-state index contributed by atoms with van der Waals surface area (Å²) in [5, 5.41) is 6.37. The Kier molecular flexibility index (Phi) is 8.73. The fourth-order valence-corrected chi connectivity index (χ4v) is 2.64. The largest absolute Gasteiger partial charge is 0.492 e. The van der Waals surface area contributed by atoms with Crippen LogP contribution < -0.4 is 15.4 Å². The molecule has 0 bridgehead atoms. The molecular weight excluding hydrogens is 356 g/mol. The molecule has 1 aliphatic rings. The minimum Gasteiger partial charge on any atom is -0.492 e. The molecule has 0 spiro atoms. The first-order valence-corrected chi connectivity index (χ1v) is 7.92. The Morgan fingerprint density at radius 1 is 1.33 bits per heavy atom. The van der Waals surface area contributed by atoms with Crippen molar-refractivity contribution in [2.24, 2.45) is 0 Å². The lowest BCUT2D eigenvalue weighted by molar-refractivity contribution is -0.122. The summed E-state index contributed by atoms with van der Waals surface area (Å²) in [6.45, 7) is 2.55. The molecule has 1 fully saturated rings. The van der Waals surface area contributed by atoms with Crippen LogP contribution in [0.1, 0.15) is 25.7 Å². The number of carbonyl (C=O) groups is 1. The first-order valence-electron chi connectivity index (χ1n) is 7.13. The van der Waals surface area contributed by atoms with Gasteiger partial charge in [0.15, 0.2) is 0 Å². The van der Waals surface area contributed by atoms with Crippen LogP contribution in [-0.2, 0) is 4.79 Å². The Morgan fingerprint density at radius 3 is 2.76 bits per heavy atom. The minimum atomic E-state index is 0. The van der Waals surface area contributed by atoms with Crippen LogP contribution in [0.3, 0.4) is 0 Å². The number of nitrogens with one attached hydrogen (secondary N) is 2. The van der Waals surface area contributed by atoms with Gasteiger partial charge in [-0.3, -0.25) is 4.79 Å². The van der Waals surface area contributed by atoms with Crippen molar-refractivity contribution in [3.05, 3.63) is 28.7 Å². The average molecular weight is 378 g/mol. The van der Waals surface area contributed by atoms with Crippen molar-refractivity contribution >= 4 is 34.2 Å². The zero-order valence-electron chi connectivity index (χ0n) is 11.9. The maximum Gasteiger partial charge on any atom is 0.220 e. The Bertz CT molecular complexity index is 439. The molecule has 4 nitrogen and oxygen atoms in total. The first-order chi connectivity index (χ1) is 9.75. The number of halogens is 2. The van der Waals surface area contributed by atoms with E-state index in [0.717, 1.165) is 42.6 Å². The highest BCUT2D eigenvalue weighted by molar-refractivity contribution is 9.10. The molecule has 21 heavy (non-hydrogen) atoms. The highest BCUT2D eigenvalue weighted by Crippen LogP contribution is 2.23. The number of piperidine rings is 1. The number of hydrogen-bond acceptors (Lipinski definition) is 3. The van der Waals surface area contributed by atoms with Crippen LogP contribution in [-0.4, -0.2) is 31.6 Å². The summed E-state index contributed by atoms with van der Waals surface area (Å²) in [7, 11) is 0. The fourth-order valence-electron chi connectivity index (χ4n) is 2.24. The highest BCUT2D eigenvalue weighted by atomic mass is 79.9. The fraction of sp³-hybridized carbons (Fsp3) is 0.533. The number of hydrogen-bond donors (Lipinski definition) is 2. The monoisotopic (exact) mass is 376 g/mol. The zero-order valence-corrected chi connectivity index (χ0v) is 14.3. The van der Waals surface area contributed by atoms with Gasteiger partial charge in [0.2, 0.25) is 5.91 Å². The predicted molar refractivity (Wildman–Crippen MR) is 90.2 cm³/mol. The molecule has 1 aliphatic heterocycles. The Morgan fingerprint density at radius 2 is 2.05 bits per heavy atom. The second-order valence-corrected chi connectivity index (χ2v) is 5.83. The van der Waals surface area contributed by atoms with Crippen LogP contribution in [0.4, 0.5) is 0 Å². The van der Waals surface area contributed by atoms with Crippen LogP contribution in [0.25, 0.3) is 0 Å². The molecule has 1 amide bonds. The van der Waals surface area contributed by atoms with Gasteiger partial charge in [0.1, 0.15) is 5.75 Å². The van der Waals surface area contributed by atoms with Gasteiger partial charge in [0, 0.05) is 12.5 Å². The maximum absolute atomic E-state index is 11.8. The highest BCUT2D eigenvalue weighted by Gasteiger charge is 2.14. The first kappa shape index (κ1) is 18.3. The van der Waals surface area contributed by atoms with Crippen molar-refractivity contribution in [1.82, 2.24) is 10.6 Å². The van der Waals surface area contributed by atoms with E-state index in [1.807, 2.05) is 24.3 Å². The van der Waals surface area contributed by atoms with Gasteiger partial charge in [-0.1, -0.05) is 12.1 Å². The molecule has 2 rings (SSSR count). The third kappa shape index (κ3) is 6.68. The van der Waals surface area contributed by atoms with Gasteiger partial charge in [-0.15, -0.1) is 12.4 Å². The summed E-state index contributed by atoms with van der Waals surface area (Å²) < 4.78 is 6.58. The average Bonchev–Trinajstić information content (AvgIpc) is 2.46. The quantitative estimate of drug-likeness (QED) is 0.750. The third-order valence-electron chi connectivity index (χ3n) is 3.35. The molecule has 2 N–H and O–H groups in total. The van der Waals surface area contributed by atoms with Crippen LogP contribution in [0.15, 0.2) is 28.7 Å². The predicted octanol–water partition coefficient (Wildman–Crippen LogP) is 2.90. The van der Waals surface area contributed by atoms with Crippen molar-refractivity contribution in [2.45, 2.75) is 31.7 Å². The van der Waals surface area contributed by atoms with Gasteiger partial charge in [-0.05, 0) is 60.4 Å². The zero-order chi connectivity index (χ0) is 14.2. The van der Waals surface area contributed by atoms with E-state index in [1.165, 1.54) is 0 Å². The molecule has 118 valence electrons. The van der Waals surface area contributed by atoms with E-state index in [1.54, 1.807) is 0 Å². The van der Waals surface area contributed by atoms with E-state index in [0.29, 0.717) is 19.1 Å². The van der Waals surface area contributed by atoms with Gasteiger partial charge >= 0.3 is 0 Å². The smallest absolute Gasteiger partial charge is 0.220 e. The number of para-hydroxylation sites is 1. The Labute approximate surface area is 140 Å². The summed E-state index contributed by atoms with van der Waals surface area (Å²) in [5.41, 5.74) is 0. The molecule has 1 saturated heterocycles. The van der Waals surface area contributed by atoms with Crippen LogP contribution in [0, 0.1) is 0 Å². The van der Waals surface area contributed by atoms with Crippen molar-refractivity contribution in [3.8, 4) is 5.75 Å². The Hall–Kier alpha value is -0.780. The lowest BCUT2D eigenvalue weighted by atomic mass is 10.1. The molecule has 1 aromatic rings. The second-order valence-electron chi connectivity index (χ2n) is 4.97. The van der Waals surface area contributed by atoms with Crippen molar-refractivity contribution < 1.29 is 9.53 Å². The molecule has 6 heteroatoms. The lowest BCUT2D eigenvalue weighted by Gasteiger charge is -2.23. The number of benzene rings is 1. The molecule has 0 unspecified atom stereocenters. The van der Waals surface area contributed by atoms with Crippen LogP contribution in [0.5, 0.6) is 5.75 Å². The van der Waals surface area contributed by atoms with E-state index in [9.17, 15) is 4.79 Å².